The minimum absolute atomic E-state index is 0.0126. The maximum Gasteiger partial charge on any atom is 0.472 e. The number of benzene rings is 2. The first-order valence-electron chi connectivity index (χ1n) is 31.9. The molecule has 0 saturated carbocycles. The summed E-state index contributed by atoms with van der Waals surface area (Å²) in [6.07, 6.45) is 38.5. The summed E-state index contributed by atoms with van der Waals surface area (Å²) in [4.78, 5) is 87.2. The van der Waals surface area contributed by atoms with E-state index in [0.29, 0.717) is 29.5 Å². The zero-order valence-corrected chi connectivity index (χ0v) is 55.8. The SMILES string of the molecule is CCCCCCCCC=CCCCCCCCC(=O)O[C@H](COC(=O)CCCCCCC/C=C\CCCCCCCC)COP(=O)(O)OCCNC(=O)CCC(=O)OCCC=C(c1cc(Cl)c(OC)c(C(=O)OC)c1)c1cc(Cl)c(OC)c(C(=O)OC)c1. The van der Waals surface area contributed by atoms with E-state index in [1.54, 1.807) is 6.08 Å². The van der Waals surface area contributed by atoms with Crippen LogP contribution in [0.5, 0.6) is 11.5 Å². The standard InChI is InChI=1S/C67H102Cl2NO17P/c1-7-9-11-13-15-17-19-21-23-25-27-29-31-33-35-39-61(72)84-50-54(87-63(74)40-36-34-32-30-28-26-24-22-20-18-16-14-12-10-8-2)51-86-88(77,78)85-45-43-70-60(71)41-42-62(73)83-44-37-38-55(52-46-56(66(75)81-5)64(79-3)58(68)48-52)53-47-57(67(76)82-6)65(80-4)59(69)49-53/h21-24,38,46-49,54H,7-20,25-37,39-45,50-51H2,1-6H3,(H,70,71)(H,77,78)/b23-21-,24-22?/t54-/m1/s1. The summed E-state index contributed by atoms with van der Waals surface area (Å²) in [5, 5.41) is 2.66. The van der Waals surface area contributed by atoms with Gasteiger partial charge in [0.25, 0.3) is 0 Å². The molecule has 2 aromatic carbocycles. The number of phosphoric acid groups is 1. The van der Waals surface area contributed by atoms with Crippen LogP contribution in [0.2, 0.25) is 10.0 Å². The molecule has 0 saturated heterocycles. The van der Waals surface area contributed by atoms with Crippen molar-refractivity contribution in [1.29, 1.82) is 0 Å². The fourth-order valence-electron chi connectivity index (χ4n) is 9.46. The van der Waals surface area contributed by atoms with E-state index in [1.807, 2.05) is 0 Å². The molecule has 0 aliphatic rings. The van der Waals surface area contributed by atoms with Gasteiger partial charge in [-0.15, -0.1) is 0 Å². The summed E-state index contributed by atoms with van der Waals surface area (Å²) < 4.78 is 60.3. The number of esters is 5. The second kappa shape index (κ2) is 49.5. The van der Waals surface area contributed by atoms with Gasteiger partial charge in [-0.1, -0.05) is 170 Å². The van der Waals surface area contributed by atoms with Crippen LogP contribution in [0.4, 0.5) is 0 Å². The van der Waals surface area contributed by atoms with Crippen LogP contribution in [-0.2, 0) is 56.5 Å². The molecule has 496 valence electrons. The second-order valence-corrected chi connectivity index (χ2v) is 23.9. The molecule has 88 heavy (non-hydrogen) atoms. The van der Waals surface area contributed by atoms with Gasteiger partial charge in [0.2, 0.25) is 5.91 Å². The summed E-state index contributed by atoms with van der Waals surface area (Å²) in [6, 6.07) is 6.04. The number of nitrogens with one attached hydrogen (secondary N) is 1. The fourth-order valence-corrected chi connectivity index (χ4v) is 10.8. The summed E-state index contributed by atoms with van der Waals surface area (Å²) in [6.45, 7) is 2.65. The number of hydrogen-bond acceptors (Lipinski definition) is 16. The van der Waals surface area contributed by atoms with Crippen molar-refractivity contribution in [3.63, 3.8) is 0 Å². The number of ether oxygens (including phenoxy) is 7. The van der Waals surface area contributed by atoms with Gasteiger partial charge < -0.3 is 43.4 Å². The molecule has 0 aromatic heterocycles. The van der Waals surface area contributed by atoms with Gasteiger partial charge in [0, 0.05) is 32.2 Å². The highest BCUT2D eigenvalue weighted by Gasteiger charge is 2.27. The van der Waals surface area contributed by atoms with Crippen molar-refractivity contribution in [3.8, 4) is 11.5 Å². The topological polar surface area (TPSA) is 235 Å². The third kappa shape index (κ3) is 35.8. The Labute approximate surface area is 534 Å². The van der Waals surface area contributed by atoms with E-state index < -0.39 is 62.9 Å². The van der Waals surface area contributed by atoms with E-state index in [9.17, 15) is 38.2 Å². The van der Waals surface area contributed by atoms with Gasteiger partial charge in [-0.2, -0.15) is 0 Å². The third-order valence-electron chi connectivity index (χ3n) is 14.3. The summed E-state index contributed by atoms with van der Waals surface area (Å²) in [5.41, 5.74) is 1.22. The van der Waals surface area contributed by atoms with E-state index in [1.165, 1.54) is 130 Å². The predicted molar refractivity (Wildman–Crippen MR) is 345 cm³/mol. The van der Waals surface area contributed by atoms with E-state index >= 15 is 0 Å². The van der Waals surface area contributed by atoms with Gasteiger partial charge in [-0.05, 0) is 105 Å². The van der Waals surface area contributed by atoms with E-state index in [4.69, 9.17) is 65.4 Å². The number of carbonyl (C=O) groups is 6. The molecule has 0 heterocycles. The predicted octanol–water partition coefficient (Wildman–Crippen LogP) is 16.5. The van der Waals surface area contributed by atoms with Crippen molar-refractivity contribution in [2.24, 2.45) is 0 Å². The number of methoxy groups -OCH3 is 4. The molecule has 0 bridgehead atoms. The zero-order chi connectivity index (χ0) is 64.6. The maximum absolute atomic E-state index is 13.0. The molecule has 0 spiro atoms. The van der Waals surface area contributed by atoms with Crippen molar-refractivity contribution in [2.75, 3.05) is 61.4 Å². The lowest BCUT2D eigenvalue weighted by Gasteiger charge is -2.20. The molecule has 2 N–H and O–H groups in total. The van der Waals surface area contributed by atoms with Gasteiger partial charge >= 0.3 is 37.7 Å². The number of carbonyl (C=O) groups excluding carboxylic acids is 6. The average molecular weight is 1300 g/mol. The van der Waals surface area contributed by atoms with Crippen LogP contribution >= 0.6 is 31.0 Å². The Morgan fingerprint density at radius 3 is 1.40 bits per heavy atom. The zero-order valence-electron chi connectivity index (χ0n) is 53.4. The number of phosphoric ester groups is 1. The Morgan fingerprint density at radius 2 is 0.943 bits per heavy atom. The normalized spacial score (nSPS) is 12.3. The minimum Gasteiger partial charge on any atom is -0.494 e. The Kier molecular flexibility index (Phi) is 44.4. The number of amides is 1. The van der Waals surface area contributed by atoms with Crippen LogP contribution < -0.4 is 14.8 Å². The Hall–Kier alpha value is -5.23. The van der Waals surface area contributed by atoms with Crippen LogP contribution in [0.15, 0.2) is 54.6 Å². The molecule has 2 atom stereocenters. The number of unbranched alkanes of at least 4 members (excludes halogenated alkanes) is 22. The Morgan fingerprint density at radius 1 is 0.511 bits per heavy atom. The van der Waals surface area contributed by atoms with Crippen molar-refractivity contribution < 1.29 is 80.4 Å². The van der Waals surface area contributed by atoms with Crippen molar-refractivity contribution in [1.82, 2.24) is 5.32 Å². The average Bonchev–Trinajstić information content (AvgIpc) is 2.44. The van der Waals surface area contributed by atoms with Crippen LogP contribution in [0.25, 0.3) is 5.57 Å². The lowest BCUT2D eigenvalue weighted by Crippen LogP contribution is -2.30. The second-order valence-electron chi connectivity index (χ2n) is 21.6. The van der Waals surface area contributed by atoms with Gasteiger partial charge in [0.15, 0.2) is 17.6 Å². The molecule has 0 radical (unpaired) electrons. The smallest absolute Gasteiger partial charge is 0.472 e. The molecular weight excluding hydrogens is 1190 g/mol. The highest BCUT2D eigenvalue weighted by Crippen LogP contribution is 2.43. The fraction of sp³-hybridized carbons (Fsp3) is 0.642. The first-order valence-corrected chi connectivity index (χ1v) is 34.1. The van der Waals surface area contributed by atoms with E-state index in [2.05, 4.69) is 43.5 Å². The summed E-state index contributed by atoms with van der Waals surface area (Å²) in [5.74, 6) is -3.62. The van der Waals surface area contributed by atoms with Crippen LogP contribution in [0.1, 0.15) is 245 Å². The molecule has 2 aromatic rings. The van der Waals surface area contributed by atoms with Gasteiger partial charge in [-0.25, -0.2) is 14.2 Å². The molecule has 0 fully saturated rings. The maximum atomic E-state index is 13.0. The molecule has 18 nitrogen and oxygen atoms in total. The first kappa shape index (κ1) is 78.9. The lowest BCUT2D eigenvalue weighted by molar-refractivity contribution is -0.161. The van der Waals surface area contributed by atoms with Gasteiger partial charge in [0.05, 0.1) is 64.7 Å². The largest absolute Gasteiger partial charge is 0.494 e. The first-order chi connectivity index (χ1) is 42.5. The van der Waals surface area contributed by atoms with E-state index in [0.717, 1.165) is 77.0 Å². The highest BCUT2D eigenvalue weighted by atomic mass is 35.5. The van der Waals surface area contributed by atoms with Crippen LogP contribution in [0.3, 0.4) is 0 Å². The quantitative estimate of drug-likeness (QED) is 0.0206. The molecule has 1 amide bonds. The van der Waals surface area contributed by atoms with Crippen molar-refractivity contribution in [3.05, 3.63) is 86.9 Å². The van der Waals surface area contributed by atoms with Crippen molar-refractivity contribution >= 4 is 72.4 Å². The van der Waals surface area contributed by atoms with Crippen molar-refractivity contribution in [2.45, 2.75) is 219 Å². The van der Waals surface area contributed by atoms with Gasteiger partial charge in [0.1, 0.15) is 17.7 Å². The molecule has 21 heteroatoms. The number of allylic oxidation sites excluding steroid dienone is 4. The van der Waals surface area contributed by atoms with E-state index in [-0.39, 0.29) is 84.5 Å². The minimum atomic E-state index is -4.76. The van der Waals surface area contributed by atoms with Crippen LogP contribution in [-0.4, -0.2) is 108 Å². The van der Waals surface area contributed by atoms with Gasteiger partial charge in [-0.3, -0.25) is 28.2 Å². The lowest BCUT2D eigenvalue weighted by atomic mass is 9.93. The third-order valence-corrected chi connectivity index (χ3v) is 15.9. The summed E-state index contributed by atoms with van der Waals surface area (Å²) >= 11 is 13.1. The van der Waals surface area contributed by atoms with Crippen LogP contribution in [0, 0.1) is 0 Å². The molecule has 0 aliphatic heterocycles. The Balaban J connectivity index is 1.90. The molecule has 0 aliphatic carbocycles. The molecule has 1 unspecified atom stereocenters. The molecular formula is C67H102Cl2NO17P. The number of halogens is 2. The summed E-state index contributed by atoms with van der Waals surface area (Å²) in [7, 11) is 0.338. The molecule has 2 rings (SSSR count). The highest BCUT2D eigenvalue weighted by molar-refractivity contribution is 7.47. The Bertz CT molecular complexity index is 2420. The monoisotopic (exact) mass is 1290 g/mol. The number of rotatable bonds is 52. The number of hydrogen-bond donors (Lipinski definition) is 2.